The molecule has 1 aliphatic heterocycles. The molecule has 124 valence electrons. The van der Waals surface area contributed by atoms with Gasteiger partial charge in [-0.1, -0.05) is 6.07 Å². The summed E-state index contributed by atoms with van der Waals surface area (Å²) in [4.78, 5) is 11.4. The van der Waals surface area contributed by atoms with Crippen molar-refractivity contribution < 1.29 is 0 Å². The van der Waals surface area contributed by atoms with Gasteiger partial charge in [-0.2, -0.15) is 5.10 Å². The molecule has 3 aromatic heterocycles. The molecule has 0 radical (unpaired) electrons. The number of aromatic nitrogens is 4. The molecule has 1 N–H and O–H groups in total. The number of likely N-dealkylation sites (tertiary alicyclic amines) is 1. The van der Waals surface area contributed by atoms with Crippen molar-refractivity contribution >= 4 is 11.3 Å². The first-order valence-electron chi connectivity index (χ1n) is 8.48. The van der Waals surface area contributed by atoms with Crippen LogP contribution in [0.1, 0.15) is 24.2 Å². The minimum Gasteiger partial charge on any atom is -0.365 e. The number of rotatable bonds is 4. The number of aryl methyl sites for hydroxylation is 1. The molecule has 4 heterocycles. The van der Waals surface area contributed by atoms with E-state index in [-0.39, 0.29) is 0 Å². The van der Waals surface area contributed by atoms with Crippen molar-refractivity contribution in [1.82, 2.24) is 24.5 Å². The SMILES string of the molecule is Cc1cc2c(NC3CCN(Cc4ccccn4)CC3)nccn2n1. The lowest BCUT2D eigenvalue weighted by molar-refractivity contribution is 0.209. The molecule has 0 bridgehead atoms. The van der Waals surface area contributed by atoms with E-state index >= 15 is 0 Å². The van der Waals surface area contributed by atoms with E-state index in [9.17, 15) is 0 Å². The largest absolute Gasteiger partial charge is 0.365 e. The molecule has 6 heteroatoms. The second-order valence-electron chi connectivity index (χ2n) is 6.41. The maximum Gasteiger partial charge on any atom is 0.152 e. The van der Waals surface area contributed by atoms with E-state index in [1.165, 1.54) is 0 Å². The standard InChI is InChI=1S/C18H22N6/c1-14-12-17-18(20-8-11-24(17)22-14)21-15-5-9-23(10-6-15)13-16-4-2-3-7-19-16/h2-4,7-8,11-12,15H,5-6,9-10,13H2,1H3,(H,20,21). The van der Waals surface area contributed by atoms with Gasteiger partial charge in [0, 0.05) is 44.3 Å². The van der Waals surface area contributed by atoms with Crippen molar-refractivity contribution in [3.63, 3.8) is 0 Å². The summed E-state index contributed by atoms with van der Waals surface area (Å²) in [5.41, 5.74) is 3.20. The van der Waals surface area contributed by atoms with Crippen LogP contribution in [0.3, 0.4) is 0 Å². The first-order chi connectivity index (χ1) is 11.8. The van der Waals surface area contributed by atoms with E-state index in [2.05, 4.69) is 43.5 Å². The fourth-order valence-electron chi connectivity index (χ4n) is 3.31. The quantitative estimate of drug-likeness (QED) is 0.800. The topological polar surface area (TPSA) is 58.3 Å². The van der Waals surface area contributed by atoms with Gasteiger partial charge in [0.25, 0.3) is 0 Å². The number of anilines is 1. The molecular weight excluding hydrogens is 300 g/mol. The molecule has 0 saturated carbocycles. The second-order valence-corrected chi connectivity index (χ2v) is 6.41. The average molecular weight is 322 g/mol. The lowest BCUT2D eigenvalue weighted by atomic mass is 10.0. The summed E-state index contributed by atoms with van der Waals surface area (Å²) >= 11 is 0. The molecule has 0 aliphatic carbocycles. The zero-order valence-electron chi connectivity index (χ0n) is 13.9. The normalized spacial score (nSPS) is 16.5. The number of hydrogen-bond donors (Lipinski definition) is 1. The van der Waals surface area contributed by atoms with E-state index < -0.39 is 0 Å². The highest BCUT2D eigenvalue weighted by molar-refractivity contribution is 5.68. The first-order valence-corrected chi connectivity index (χ1v) is 8.48. The lowest BCUT2D eigenvalue weighted by Crippen LogP contribution is -2.39. The Morgan fingerprint density at radius 1 is 1.17 bits per heavy atom. The molecule has 1 fully saturated rings. The van der Waals surface area contributed by atoms with Crippen LogP contribution in [0.25, 0.3) is 5.52 Å². The molecule has 0 amide bonds. The van der Waals surface area contributed by atoms with Gasteiger partial charge < -0.3 is 5.32 Å². The van der Waals surface area contributed by atoms with E-state index in [0.29, 0.717) is 6.04 Å². The summed E-state index contributed by atoms with van der Waals surface area (Å²) in [7, 11) is 0. The number of nitrogens with one attached hydrogen (secondary N) is 1. The van der Waals surface area contributed by atoms with Gasteiger partial charge in [0.05, 0.1) is 11.4 Å². The Bertz CT molecular complexity index is 805. The van der Waals surface area contributed by atoms with Gasteiger partial charge in [-0.25, -0.2) is 9.50 Å². The highest BCUT2D eigenvalue weighted by atomic mass is 15.2. The fourth-order valence-corrected chi connectivity index (χ4v) is 3.31. The van der Waals surface area contributed by atoms with Crippen LogP contribution < -0.4 is 5.32 Å². The summed E-state index contributed by atoms with van der Waals surface area (Å²) in [6.45, 7) is 5.10. The average Bonchev–Trinajstić information content (AvgIpc) is 2.99. The fraction of sp³-hybridized carbons (Fsp3) is 0.389. The minimum absolute atomic E-state index is 0.457. The zero-order valence-corrected chi connectivity index (χ0v) is 13.9. The van der Waals surface area contributed by atoms with Crippen LogP contribution >= 0.6 is 0 Å². The predicted molar refractivity (Wildman–Crippen MR) is 93.9 cm³/mol. The molecule has 6 nitrogen and oxygen atoms in total. The molecular formula is C18H22N6. The van der Waals surface area contributed by atoms with Gasteiger partial charge >= 0.3 is 0 Å². The van der Waals surface area contributed by atoms with Crippen molar-refractivity contribution in [2.45, 2.75) is 32.4 Å². The number of fused-ring (bicyclic) bond motifs is 1. The van der Waals surface area contributed by atoms with Crippen molar-refractivity contribution in [2.24, 2.45) is 0 Å². The monoisotopic (exact) mass is 322 g/mol. The summed E-state index contributed by atoms with van der Waals surface area (Å²) in [5.74, 6) is 0.932. The number of nitrogens with zero attached hydrogens (tertiary/aromatic N) is 5. The van der Waals surface area contributed by atoms with Crippen molar-refractivity contribution in [3.05, 3.63) is 54.2 Å². The Hall–Kier alpha value is -2.47. The van der Waals surface area contributed by atoms with E-state index in [1.807, 2.05) is 29.9 Å². The summed E-state index contributed by atoms with van der Waals surface area (Å²) in [6, 6.07) is 8.64. The highest BCUT2D eigenvalue weighted by Crippen LogP contribution is 2.20. The molecule has 0 atom stereocenters. The third-order valence-corrected chi connectivity index (χ3v) is 4.55. The maximum atomic E-state index is 4.51. The highest BCUT2D eigenvalue weighted by Gasteiger charge is 2.20. The third kappa shape index (κ3) is 3.23. The second kappa shape index (κ2) is 6.57. The van der Waals surface area contributed by atoms with Gasteiger partial charge in [-0.05, 0) is 38.0 Å². The van der Waals surface area contributed by atoms with Gasteiger partial charge in [-0.15, -0.1) is 0 Å². The molecule has 1 saturated heterocycles. The summed E-state index contributed by atoms with van der Waals surface area (Å²) in [6.07, 6.45) is 7.79. The first kappa shape index (κ1) is 15.1. The van der Waals surface area contributed by atoms with Crippen LogP contribution in [-0.2, 0) is 6.54 Å². The number of pyridine rings is 1. The Labute approximate surface area is 141 Å². The van der Waals surface area contributed by atoms with Gasteiger partial charge in [0.1, 0.15) is 5.52 Å². The number of piperidine rings is 1. The zero-order chi connectivity index (χ0) is 16.4. The summed E-state index contributed by atoms with van der Waals surface area (Å²) < 4.78 is 1.89. The van der Waals surface area contributed by atoms with Crippen LogP contribution in [0, 0.1) is 6.92 Å². The Balaban J connectivity index is 1.37. The molecule has 0 unspecified atom stereocenters. The minimum atomic E-state index is 0.457. The van der Waals surface area contributed by atoms with Gasteiger partial charge in [0.15, 0.2) is 5.82 Å². The van der Waals surface area contributed by atoms with Gasteiger partial charge in [0.2, 0.25) is 0 Å². The molecule has 3 aromatic rings. The molecule has 0 aromatic carbocycles. The molecule has 24 heavy (non-hydrogen) atoms. The predicted octanol–water partition coefficient (Wildman–Crippen LogP) is 2.51. The number of hydrogen-bond acceptors (Lipinski definition) is 5. The Morgan fingerprint density at radius 3 is 2.83 bits per heavy atom. The van der Waals surface area contributed by atoms with Crippen LogP contribution in [0.2, 0.25) is 0 Å². The lowest BCUT2D eigenvalue weighted by Gasteiger charge is -2.32. The van der Waals surface area contributed by atoms with E-state index in [4.69, 9.17) is 0 Å². The van der Waals surface area contributed by atoms with Crippen molar-refractivity contribution in [2.75, 3.05) is 18.4 Å². The third-order valence-electron chi connectivity index (χ3n) is 4.55. The van der Waals surface area contributed by atoms with Crippen LogP contribution in [0.15, 0.2) is 42.9 Å². The smallest absolute Gasteiger partial charge is 0.152 e. The summed E-state index contributed by atoms with van der Waals surface area (Å²) in [5, 5.41) is 8.05. The van der Waals surface area contributed by atoms with Crippen LogP contribution in [-0.4, -0.2) is 43.6 Å². The molecule has 1 aliphatic rings. The molecule has 4 rings (SSSR count). The van der Waals surface area contributed by atoms with E-state index in [0.717, 1.165) is 55.2 Å². The maximum absolute atomic E-state index is 4.51. The Morgan fingerprint density at radius 2 is 2.04 bits per heavy atom. The molecule has 0 spiro atoms. The van der Waals surface area contributed by atoms with Crippen molar-refractivity contribution in [1.29, 1.82) is 0 Å². The van der Waals surface area contributed by atoms with Crippen molar-refractivity contribution in [3.8, 4) is 0 Å². The van der Waals surface area contributed by atoms with Crippen LogP contribution in [0.4, 0.5) is 5.82 Å². The van der Waals surface area contributed by atoms with Crippen LogP contribution in [0.5, 0.6) is 0 Å². The Kier molecular flexibility index (Phi) is 4.13. The van der Waals surface area contributed by atoms with E-state index in [1.54, 1.807) is 6.20 Å². The van der Waals surface area contributed by atoms with Gasteiger partial charge in [-0.3, -0.25) is 9.88 Å².